The molecule has 0 spiro atoms. The van der Waals surface area contributed by atoms with Crippen molar-refractivity contribution in [1.29, 1.82) is 0 Å². The monoisotopic (exact) mass is 295 g/mol. The molecule has 0 radical (unpaired) electrons. The van der Waals surface area contributed by atoms with Gasteiger partial charge in [0.05, 0.1) is 4.90 Å². The van der Waals surface area contributed by atoms with E-state index in [9.17, 15) is 8.42 Å². The first-order valence-electron chi connectivity index (χ1n) is 6.44. The molecule has 0 fully saturated rings. The van der Waals surface area contributed by atoms with Crippen LogP contribution in [-0.4, -0.2) is 37.0 Å². The van der Waals surface area contributed by atoms with Crippen LogP contribution in [0.15, 0.2) is 29.2 Å². The molecule has 4 nitrogen and oxygen atoms in total. The van der Waals surface area contributed by atoms with Crippen LogP contribution in [-0.2, 0) is 10.0 Å². The molecule has 1 N–H and O–H groups in total. The number of benzene rings is 1. The van der Waals surface area contributed by atoms with Crippen LogP contribution in [0.25, 0.3) is 0 Å². The number of nitrogens with zero attached hydrogens (tertiary/aromatic N) is 1. The van der Waals surface area contributed by atoms with Crippen molar-refractivity contribution in [2.45, 2.75) is 37.6 Å². The Bertz CT molecular complexity index is 624. The quantitative estimate of drug-likeness (QED) is 0.862. The summed E-state index contributed by atoms with van der Waals surface area (Å²) >= 11 is 0. The SMILES string of the molecule is CCC(C)(C)N(C)S(=O)(=O)c1cccc(C#CCO)c1. The van der Waals surface area contributed by atoms with E-state index in [0.29, 0.717) is 12.0 Å². The van der Waals surface area contributed by atoms with E-state index in [1.54, 1.807) is 25.2 Å². The van der Waals surface area contributed by atoms with Gasteiger partial charge in [-0.1, -0.05) is 24.8 Å². The van der Waals surface area contributed by atoms with Gasteiger partial charge in [-0.3, -0.25) is 0 Å². The first-order chi connectivity index (χ1) is 9.25. The molecule has 1 aromatic carbocycles. The lowest BCUT2D eigenvalue weighted by Crippen LogP contribution is -2.44. The minimum absolute atomic E-state index is 0.214. The van der Waals surface area contributed by atoms with E-state index in [2.05, 4.69) is 11.8 Å². The van der Waals surface area contributed by atoms with E-state index in [0.717, 1.165) is 0 Å². The molecule has 1 rings (SSSR count). The second kappa shape index (κ2) is 6.40. The molecule has 0 saturated heterocycles. The van der Waals surface area contributed by atoms with E-state index >= 15 is 0 Å². The number of rotatable bonds is 4. The van der Waals surface area contributed by atoms with Gasteiger partial charge in [-0.25, -0.2) is 8.42 Å². The Morgan fingerprint density at radius 2 is 2.00 bits per heavy atom. The van der Waals surface area contributed by atoms with Crippen molar-refractivity contribution in [3.63, 3.8) is 0 Å². The number of hydrogen-bond donors (Lipinski definition) is 1. The Morgan fingerprint density at radius 1 is 1.35 bits per heavy atom. The van der Waals surface area contributed by atoms with Crippen molar-refractivity contribution in [2.75, 3.05) is 13.7 Å². The number of aliphatic hydroxyl groups is 1. The lowest BCUT2D eigenvalue weighted by Gasteiger charge is -2.33. The summed E-state index contributed by atoms with van der Waals surface area (Å²) in [5.74, 6) is 5.23. The minimum atomic E-state index is -3.55. The zero-order valence-corrected chi connectivity index (χ0v) is 13.2. The zero-order chi connectivity index (χ0) is 15.4. The number of aliphatic hydroxyl groups excluding tert-OH is 1. The van der Waals surface area contributed by atoms with Gasteiger partial charge in [0.25, 0.3) is 0 Å². The fraction of sp³-hybridized carbons (Fsp3) is 0.467. The fourth-order valence-electron chi connectivity index (χ4n) is 1.58. The van der Waals surface area contributed by atoms with Gasteiger partial charge in [0.15, 0.2) is 0 Å². The van der Waals surface area contributed by atoms with Crippen molar-refractivity contribution in [1.82, 2.24) is 4.31 Å². The van der Waals surface area contributed by atoms with Crippen LogP contribution in [0.1, 0.15) is 32.8 Å². The van der Waals surface area contributed by atoms with Crippen molar-refractivity contribution < 1.29 is 13.5 Å². The molecule has 5 heteroatoms. The highest BCUT2D eigenvalue weighted by Gasteiger charge is 2.32. The molecule has 0 unspecified atom stereocenters. The van der Waals surface area contributed by atoms with Gasteiger partial charge in [-0.15, -0.1) is 0 Å². The smallest absolute Gasteiger partial charge is 0.243 e. The van der Waals surface area contributed by atoms with Crippen LogP contribution in [0.4, 0.5) is 0 Å². The van der Waals surface area contributed by atoms with Gasteiger partial charge < -0.3 is 5.11 Å². The third-order valence-electron chi connectivity index (χ3n) is 3.52. The highest BCUT2D eigenvalue weighted by atomic mass is 32.2. The highest BCUT2D eigenvalue weighted by Crippen LogP contribution is 2.25. The van der Waals surface area contributed by atoms with Crippen molar-refractivity contribution in [3.8, 4) is 11.8 Å². The van der Waals surface area contributed by atoms with Crippen LogP contribution < -0.4 is 0 Å². The Balaban J connectivity index is 3.23. The number of hydrogen-bond acceptors (Lipinski definition) is 3. The Morgan fingerprint density at radius 3 is 2.55 bits per heavy atom. The van der Waals surface area contributed by atoms with Gasteiger partial charge in [-0.05, 0) is 38.5 Å². The number of sulfonamides is 1. The minimum Gasteiger partial charge on any atom is -0.384 e. The van der Waals surface area contributed by atoms with Gasteiger partial charge >= 0.3 is 0 Å². The lowest BCUT2D eigenvalue weighted by atomic mass is 10.0. The molecule has 0 aliphatic heterocycles. The lowest BCUT2D eigenvalue weighted by molar-refractivity contribution is 0.257. The fourth-order valence-corrected chi connectivity index (χ4v) is 3.20. The van der Waals surface area contributed by atoms with Gasteiger partial charge in [0, 0.05) is 18.2 Å². The Labute approximate surface area is 121 Å². The molecule has 0 aliphatic carbocycles. The normalized spacial score (nSPS) is 12.1. The molecule has 0 aliphatic rings. The summed E-state index contributed by atoms with van der Waals surface area (Å²) in [6.07, 6.45) is 0.715. The second-order valence-corrected chi connectivity index (χ2v) is 7.10. The van der Waals surface area contributed by atoms with Crippen LogP contribution in [0.3, 0.4) is 0 Å². The van der Waals surface area contributed by atoms with E-state index in [1.165, 1.54) is 10.4 Å². The van der Waals surface area contributed by atoms with Crippen molar-refractivity contribution >= 4 is 10.0 Å². The van der Waals surface area contributed by atoms with Crippen LogP contribution in [0, 0.1) is 11.8 Å². The summed E-state index contributed by atoms with van der Waals surface area (Å²) in [6.45, 7) is 5.48. The molecular formula is C15H21NO3S. The Kier molecular flexibility index (Phi) is 5.35. The Hall–Kier alpha value is -1.35. The van der Waals surface area contributed by atoms with Gasteiger partial charge in [-0.2, -0.15) is 4.31 Å². The third kappa shape index (κ3) is 3.60. The van der Waals surface area contributed by atoms with Crippen molar-refractivity contribution in [2.24, 2.45) is 0 Å². The molecule has 0 amide bonds. The van der Waals surface area contributed by atoms with Gasteiger partial charge in [0.1, 0.15) is 6.61 Å². The standard InChI is InChI=1S/C15H21NO3S/c1-5-15(2,3)16(4)20(18,19)14-10-6-8-13(12-14)9-7-11-17/h6,8,10,12,17H,5,11H2,1-4H3. The molecule has 0 saturated carbocycles. The molecule has 0 aromatic heterocycles. The topological polar surface area (TPSA) is 57.6 Å². The average molecular weight is 295 g/mol. The average Bonchev–Trinajstić information content (AvgIpc) is 2.44. The van der Waals surface area contributed by atoms with Crippen molar-refractivity contribution in [3.05, 3.63) is 29.8 Å². The maximum Gasteiger partial charge on any atom is 0.243 e. The molecule has 0 bridgehead atoms. The van der Waals surface area contributed by atoms with E-state index in [4.69, 9.17) is 5.11 Å². The van der Waals surface area contributed by atoms with E-state index < -0.39 is 15.6 Å². The summed E-state index contributed by atoms with van der Waals surface area (Å²) in [5, 5.41) is 8.68. The van der Waals surface area contributed by atoms with E-state index in [1.807, 2.05) is 20.8 Å². The summed E-state index contributed by atoms with van der Waals surface area (Å²) in [6, 6.07) is 6.45. The summed E-state index contributed by atoms with van der Waals surface area (Å²) < 4.78 is 26.6. The molecule has 20 heavy (non-hydrogen) atoms. The summed E-state index contributed by atoms with van der Waals surface area (Å²) in [4.78, 5) is 0.214. The summed E-state index contributed by atoms with van der Waals surface area (Å²) in [5.41, 5.74) is 0.119. The first kappa shape index (κ1) is 16.7. The third-order valence-corrected chi connectivity index (χ3v) is 5.59. The van der Waals surface area contributed by atoms with Crippen LogP contribution in [0.2, 0.25) is 0 Å². The molecule has 0 atom stereocenters. The second-order valence-electron chi connectivity index (χ2n) is 5.13. The maximum absolute atomic E-state index is 12.6. The van der Waals surface area contributed by atoms with E-state index in [-0.39, 0.29) is 11.5 Å². The molecule has 110 valence electrons. The summed E-state index contributed by atoms with van der Waals surface area (Å²) in [7, 11) is -1.97. The predicted molar refractivity (Wildman–Crippen MR) is 79.7 cm³/mol. The van der Waals surface area contributed by atoms with Crippen LogP contribution in [0.5, 0.6) is 0 Å². The van der Waals surface area contributed by atoms with Gasteiger partial charge in [0.2, 0.25) is 10.0 Å². The predicted octanol–water partition coefficient (Wildman–Crippen LogP) is 1.84. The highest BCUT2D eigenvalue weighted by molar-refractivity contribution is 7.89. The van der Waals surface area contributed by atoms with Crippen LogP contribution >= 0.6 is 0 Å². The first-order valence-corrected chi connectivity index (χ1v) is 7.88. The maximum atomic E-state index is 12.6. The zero-order valence-electron chi connectivity index (χ0n) is 12.3. The molecule has 1 aromatic rings. The molecule has 0 heterocycles. The molecular weight excluding hydrogens is 274 g/mol. The largest absolute Gasteiger partial charge is 0.384 e.